The molecule has 1 rings (SSSR count). The molecule has 0 atom stereocenters. The van der Waals surface area contributed by atoms with Crippen molar-refractivity contribution >= 4 is 11.6 Å². The second kappa shape index (κ2) is 5.49. The van der Waals surface area contributed by atoms with Crippen LogP contribution in [0.4, 0.5) is 0 Å². The first-order valence-electron chi connectivity index (χ1n) is 5.45. The number of hydrogen-bond acceptors (Lipinski definition) is 3. The molecule has 1 aromatic rings. The van der Waals surface area contributed by atoms with Crippen molar-refractivity contribution in [1.29, 1.82) is 0 Å². The number of furan rings is 1. The summed E-state index contributed by atoms with van der Waals surface area (Å²) in [6.45, 7) is 7.58. The Morgan fingerprint density at radius 1 is 1.50 bits per heavy atom. The summed E-state index contributed by atoms with van der Waals surface area (Å²) in [4.78, 5) is 11.2. The summed E-state index contributed by atoms with van der Waals surface area (Å²) in [6.07, 6.45) is 1.32. The first-order valence-corrected chi connectivity index (χ1v) is 5.45. The van der Waals surface area contributed by atoms with E-state index in [1.54, 1.807) is 0 Å². The van der Waals surface area contributed by atoms with Gasteiger partial charge in [-0.3, -0.25) is 4.79 Å². The first kappa shape index (κ1) is 12.5. The highest BCUT2D eigenvalue weighted by molar-refractivity contribution is 6.00. The van der Waals surface area contributed by atoms with Crippen LogP contribution < -0.4 is 5.43 Å². The maximum Gasteiger partial charge on any atom is 0.240 e. The summed E-state index contributed by atoms with van der Waals surface area (Å²) >= 11 is 0. The molecule has 0 unspecified atom stereocenters. The van der Waals surface area contributed by atoms with Gasteiger partial charge in [0.25, 0.3) is 0 Å². The maximum atomic E-state index is 11.2. The van der Waals surface area contributed by atoms with Gasteiger partial charge in [0.05, 0.1) is 5.71 Å². The molecule has 1 aromatic heterocycles. The molecule has 0 aliphatic heterocycles. The Labute approximate surface area is 95.7 Å². The Balaban J connectivity index is 2.70. The lowest BCUT2D eigenvalue weighted by molar-refractivity contribution is -0.121. The number of hydrazone groups is 1. The van der Waals surface area contributed by atoms with Crippen LogP contribution in [-0.4, -0.2) is 11.6 Å². The van der Waals surface area contributed by atoms with Crippen molar-refractivity contribution < 1.29 is 9.21 Å². The molecule has 0 fully saturated rings. The lowest BCUT2D eigenvalue weighted by Crippen LogP contribution is -2.18. The van der Waals surface area contributed by atoms with Gasteiger partial charge in [-0.1, -0.05) is 6.92 Å². The Morgan fingerprint density at radius 3 is 2.69 bits per heavy atom. The Kier molecular flexibility index (Phi) is 4.28. The van der Waals surface area contributed by atoms with Gasteiger partial charge >= 0.3 is 0 Å². The number of hydrogen-bond donors (Lipinski definition) is 1. The normalized spacial score (nSPS) is 11.6. The van der Waals surface area contributed by atoms with Gasteiger partial charge in [0.1, 0.15) is 11.5 Å². The molecule has 1 heterocycles. The highest BCUT2D eigenvalue weighted by atomic mass is 16.3. The van der Waals surface area contributed by atoms with E-state index < -0.39 is 0 Å². The second-order valence-corrected chi connectivity index (χ2v) is 3.81. The Hall–Kier alpha value is -1.58. The number of carbonyl (C=O) groups is 1. The SMILES string of the molecule is CCCC(=O)NN=C(C)c1cc(C)oc1C. The predicted octanol–water partition coefficient (Wildman–Crippen LogP) is 2.54. The van der Waals surface area contributed by atoms with Crippen LogP contribution in [-0.2, 0) is 4.79 Å². The number of nitrogens with zero attached hydrogens (tertiary/aromatic N) is 1. The number of nitrogens with one attached hydrogen (secondary N) is 1. The lowest BCUT2D eigenvalue weighted by Gasteiger charge is -2.00. The average molecular weight is 222 g/mol. The third-order valence-corrected chi connectivity index (χ3v) is 2.26. The zero-order valence-electron chi connectivity index (χ0n) is 10.3. The minimum Gasteiger partial charge on any atom is -0.466 e. The molecule has 0 aliphatic carbocycles. The molecular weight excluding hydrogens is 204 g/mol. The minimum atomic E-state index is -0.0558. The van der Waals surface area contributed by atoms with Gasteiger partial charge < -0.3 is 4.42 Å². The topological polar surface area (TPSA) is 54.6 Å². The van der Waals surface area contributed by atoms with Gasteiger partial charge in [-0.15, -0.1) is 0 Å². The molecule has 4 nitrogen and oxygen atoms in total. The quantitative estimate of drug-likeness (QED) is 0.628. The molecule has 0 saturated heterocycles. The monoisotopic (exact) mass is 222 g/mol. The number of rotatable bonds is 4. The molecule has 0 saturated carbocycles. The lowest BCUT2D eigenvalue weighted by atomic mass is 10.2. The van der Waals surface area contributed by atoms with E-state index in [0.29, 0.717) is 6.42 Å². The van der Waals surface area contributed by atoms with E-state index in [0.717, 1.165) is 29.2 Å². The highest BCUT2D eigenvalue weighted by Gasteiger charge is 2.07. The predicted molar refractivity (Wildman–Crippen MR) is 63.4 cm³/mol. The van der Waals surface area contributed by atoms with Crippen molar-refractivity contribution in [3.63, 3.8) is 0 Å². The fourth-order valence-electron chi connectivity index (χ4n) is 1.48. The molecule has 1 amide bonds. The van der Waals surface area contributed by atoms with Gasteiger partial charge in [0.15, 0.2) is 0 Å². The second-order valence-electron chi connectivity index (χ2n) is 3.81. The molecule has 0 spiro atoms. The van der Waals surface area contributed by atoms with E-state index in [4.69, 9.17) is 4.42 Å². The van der Waals surface area contributed by atoms with Gasteiger partial charge in [0.2, 0.25) is 5.91 Å². The molecule has 16 heavy (non-hydrogen) atoms. The molecule has 0 bridgehead atoms. The maximum absolute atomic E-state index is 11.2. The van der Waals surface area contributed by atoms with Crippen molar-refractivity contribution in [3.05, 3.63) is 23.2 Å². The molecule has 0 aromatic carbocycles. The van der Waals surface area contributed by atoms with E-state index in [-0.39, 0.29) is 5.91 Å². The Bertz CT molecular complexity index is 405. The first-order chi connectivity index (χ1) is 7.54. The molecule has 0 aliphatic rings. The standard InChI is InChI=1S/C12H18N2O2/c1-5-6-12(15)14-13-9(3)11-7-8(2)16-10(11)4/h7H,5-6H2,1-4H3,(H,14,15). The van der Waals surface area contributed by atoms with E-state index in [2.05, 4.69) is 10.5 Å². The van der Waals surface area contributed by atoms with Crippen molar-refractivity contribution in [1.82, 2.24) is 5.43 Å². The van der Waals surface area contributed by atoms with Gasteiger partial charge in [-0.05, 0) is 33.3 Å². The summed E-state index contributed by atoms with van der Waals surface area (Å²) < 4.78 is 5.40. The van der Waals surface area contributed by atoms with Crippen LogP contribution in [0.1, 0.15) is 43.8 Å². The van der Waals surface area contributed by atoms with E-state index in [9.17, 15) is 4.79 Å². The zero-order chi connectivity index (χ0) is 12.1. The molecular formula is C12H18N2O2. The van der Waals surface area contributed by atoms with Crippen LogP contribution in [0.5, 0.6) is 0 Å². The number of amides is 1. The van der Waals surface area contributed by atoms with E-state index in [1.807, 2.05) is 33.8 Å². The summed E-state index contributed by atoms with van der Waals surface area (Å²) in [5.74, 6) is 1.62. The fraction of sp³-hybridized carbons (Fsp3) is 0.500. The molecule has 0 radical (unpaired) electrons. The highest BCUT2D eigenvalue weighted by Crippen LogP contribution is 2.14. The van der Waals surface area contributed by atoms with Crippen LogP contribution in [0.15, 0.2) is 15.6 Å². The number of carbonyl (C=O) groups excluding carboxylic acids is 1. The molecule has 88 valence electrons. The molecule has 1 N–H and O–H groups in total. The van der Waals surface area contributed by atoms with Crippen molar-refractivity contribution in [2.75, 3.05) is 0 Å². The fourth-order valence-corrected chi connectivity index (χ4v) is 1.48. The smallest absolute Gasteiger partial charge is 0.240 e. The molecule has 4 heteroatoms. The third kappa shape index (κ3) is 3.22. The summed E-state index contributed by atoms with van der Waals surface area (Å²) in [6, 6.07) is 1.92. The van der Waals surface area contributed by atoms with E-state index >= 15 is 0 Å². The van der Waals surface area contributed by atoms with Crippen molar-refractivity contribution in [3.8, 4) is 0 Å². The van der Waals surface area contributed by atoms with Gasteiger partial charge in [-0.2, -0.15) is 5.10 Å². The third-order valence-electron chi connectivity index (χ3n) is 2.26. The Morgan fingerprint density at radius 2 is 2.19 bits per heavy atom. The van der Waals surface area contributed by atoms with E-state index in [1.165, 1.54) is 0 Å². The number of aryl methyl sites for hydroxylation is 2. The van der Waals surface area contributed by atoms with Crippen molar-refractivity contribution in [2.24, 2.45) is 5.10 Å². The summed E-state index contributed by atoms with van der Waals surface area (Å²) in [5.41, 5.74) is 4.23. The summed E-state index contributed by atoms with van der Waals surface area (Å²) in [7, 11) is 0. The van der Waals surface area contributed by atoms with Crippen LogP contribution in [0.3, 0.4) is 0 Å². The van der Waals surface area contributed by atoms with Crippen LogP contribution in [0.2, 0.25) is 0 Å². The largest absolute Gasteiger partial charge is 0.466 e. The summed E-state index contributed by atoms with van der Waals surface area (Å²) in [5, 5.41) is 4.04. The van der Waals surface area contributed by atoms with Gasteiger partial charge in [-0.25, -0.2) is 5.43 Å². The van der Waals surface area contributed by atoms with Gasteiger partial charge in [0, 0.05) is 12.0 Å². The zero-order valence-corrected chi connectivity index (χ0v) is 10.3. The van der Waals surface area contributed by atoms with Crippen molar-refractivity contribution in [2.45, 2.75) is 40.5 Å². The average Bonchev–Trinajstić information content (AvgIpc) is 2.55. The van der Waals surface area contributed by atoms with Crippen LogP contribution >= 0.6 is 0 Å². The van der Waals surface area contributed by atoms with Crippen LogP contribution in [0.25, 0.3) is 0 Å². The van der Waals surface area contributed by atoms with Crippen LogP contribution in [0, 0.1) is 13.8 Å². The minimum absolute atomic E-state index is 0.0558.